The van der Waals surface area contributed by atoms with E-state index in [0.717, 1.165) is 30.1 Å². The number of rotatable bonds is 2. The number of aromatic nitrogens is 3. The molecule has 4 heteroatoms. The monoisotopic (exact) mass is 305 g/mol. The van der Waals surface area contributed by atoms with Crippen molar-refractivity contribution in [3.05, 3.63) is 54.5 Å². The van der Waals surface area contributed by atoms with Gasteiger partial charge in [0.2, 0.25) is 0 Å². The molecule has 0 radical (unpaired) electrons. The zero-order valence-corrected chi connectivity index (χ0v) is 13.0. The van der Waals surface area contributed by atoms with Crippen LogP contribution >= 0.6 is 0 Å². The Kier molecular flexibility index (Phi) is 2.82. The Labute approximate surface area is 135 Å². The molecule has 1 aliphatic heterocycles. The molecule has 1 spiro atoms. The Balaban J connectivity index is 1.51. The maximum absolute atomic E-state index is 5.53. The van der Waals surface area contributed by atoms with E-state index in [4.69, 9.17) is 9.72 Å². The molecule has 0 amide bonds. The molecular weight excluding hydrogens is 286 g/mol. The van der Waals surface area contributed by atoms with Crippen LogP contribution in [0, 0.1) is 5.41 Å². The molecule has 2 fully saturated rings. The summed E-state index contributed by atoms with van der Waals surface area (Å²) in [6, 6.07) is 14.6. The number of ether oxygens (including phenoxy) is 1. The van der Waals surface area contributed by atoms with Crippen LogP contribution in [-0.4, -0.2) is 27.7 Å². The van der Waals surface area contributed by atoms with Crippen LogP contribution in [0.5, 0.6) is 0 Å². The summed E-state index contributed by atoms with van der Waals surface area (Å²) in [6.45, 7) is 1.81. The van der Waals surface area contributed by atoms with Gasteiger partial charge >= 0.3 is 0 Å². The highest BCUT2D eigenvalue weighted by Gasteiger charge is 2.55. The fourth-order valence-corrected chi connectivity index (χ4v) is 4.01. The van der Waals surface area contributed by atoms with Gasteiger partial charge in [0, 0.05) is 24.8 Å². The van der Waals surface area contributed by atoms with Gasteiger partial charge in [0.1, 0.15) is 12.1 Å². The fraction of sp³-hybridized carbons (Fsp3) is 0.368. The Bertz CT molecular complexity index is 864. The average Bonchev–Trinajstić information content (AvgIpc) is 3.12. The highest BCUT2D eigenvalue weighted by molar-refractivity contribution is 5.76. The van der Waals surface area contributed by atoms with Crippen LogP contribution in [0.25, 0.3) is 16.9 Å². The molecule has 0 bridgehead atoms. The van der Waals surface area contributed by atoms with E-state index >= 15 is 0 Å². The van der Waals surface area contributed by atoms with Crippen LogP contribution in [0.2, 0.25) is 0 Å². The zero-order valence-electron chi connectivity index (χ0n) is 13.0. The summed E-state index contributed by atoms with van der Waals surface area (Å²) in [5.41, 5.74) is 3.80. The standard InChI is InChI=1S/C19H19N3O/c1-2-6-17-16(4-1)20-13-22(17)18-7-3-5-15(21-18)14-12-19(14)8-10-23-11-9-19/h1-7,13-14H,8-12H2. The lowest BCUT2D eigenvalue weighted by Gasteiger charge is -2.22. The first kappa shape index (κ1) is 13.3. The number of imidazole rings is 1. The summed E-state index contributed by atoms with van der Waals surface area (Å²) < 4.78 is 7.61. The van der Waals surface area contributed by atoms with Crippen LogP contribution < -0.4 is 0 Å². The second-order valence-electron chi connectivity index (χ2n) is 6.76. The second kappa shape index (κ2) is 4.90. The number of para-hydroxylation sites is 2. The number of nitrogens with zero attached hydrogens (tertiary/aromatic N) is 3. The van der Waals surface area contributed by atoms with Crippen molar-refractivity contribution in [3.63, 3.8) is 0 Å². The van der Waals surface area contributed by atoms with Gasteiger partial charge in [-0.3, -0.25) is 4.57 Å². The lowest BCUT2D eigenvalue weighted by molar-refractivity contribution is 0.0555. The summed E-state index contributed by atoms with van der Waals surface area (Å²) in [6.07, 6.45) is 5.49. The van der Waals surface area contributed by atoms with Gasteiger partial charge in [0.25, 0.3) is 0 Å². The molecule has 1 saturated heterocycles. The van der Waals surface area contributed by atoms with E-state index in [-0.39, 0.29) is 0 Å². The number of pyridine rings is 1. The lowest BCUT2D eigenvalue weighted by Crippen LogP contribution is -2.18. The molecule has 4 nitrogen and oxygen atoms in total. The number of benzene rings is 1. The molecule has 5 rings (SSSR count). The third-order valence-corrected chi connectivity index (χ3v) is 5.49. The predicted octanol–water partition coefficient (Wildman–Crippen LogP) is 3.70. The van der Waals surface area contributed by atoms with Crippen molar-refractivity contribution in [1.82, 2.24) is 14.5 Å². The maximum Gasteiger partial charge on any atom is 0.138 e. The quantitative estimate of drug-likeness (QED) is 0.724. The Hall–Kier alpha value is -2.20. The minimum absolute atomic E-state index is 0.459. The smallest absolute Gasteiger partial charge is 0.138 e. The van der Waals surface area contributed by atoms with Crippen molar-refractivity contribution in [2.75, 3.05) is 13.2 Å². The van der Waals surface area contributed by atoms with Crippen molar-refractivity contribution in [2.45, 2.75) is 25.2 Å². The number of hydrogen-bond donors (Lipinski definition) is 0. The van der Waals surface area contributed by atoms with Crippen LogP contribution in [0.1, 0.15) is 30.9 Å². The SMILES string of the molecule is c1cc(C2CC23CCOCC3)nc(-n2cnc3ccccc32)c1. The van der Waals surface area contributed by atoms with Crippen LogP contribution in [0.15, 0.2) is 48.8 Å². The third-order valence-electron chi connectivity index (χ3n) is 5.49. The van der Waals surface area contributed by atoms with Crippen molar-refractivity contribution in [3.8, 4) is 5.82 Å². The molecule has 3 aromatic rings. The minimum Gasteiger partial charge on any atom is -0.381 e. The van der Waals surface area contributed by atoms with Gasteiger partial charge in [0.15, 0.2) is 0 Å². The van der Waals surface area contributed by atoms with Gasteiger partial charge in [-0.15, -0.1) is 0 Å². The molecule has 2 aliphatic rings. The maximum atomic E-state index is 5.53. The molecule has 1 aliphatic carbocycles. The van der Waals surface area contributed by atoms with Crippen LogP contribution in [0.3, 0.4) is 0 Å². The molecule has 1 saturated carbocycles. The Morgan fingerprint density at radius 2 is 1.91 bits per heavy atom. The van der Waals surface area contributed by atoms with E-state index in [1.54, 1.807) is 0 Å². The zero-order chi connectivity index (χ0) is 15.3. The normalized spacial score (nSPS) is 22.5. The van der Waals surface area contributed by atoms with E-state index in [1.807, 2.05) is 24.5 Å². The van der Waals surface area contributed by atoms with Gasteiger partial charge < -0.3 is 4.74 Å². The van der Waals surface area contributed by atoms with E-state index < -0.39 is 0 Å². The molecular formula is C19H19N3O. The highest BCUT2D eigenvalue weighted by Crippen LogP contribution is 2.64. The van der Waals surface area contributed by atoms with Gasteiger partial charge in [-0.1, -0.05) is 18.2 Å². The molecule has 2 aromatic heterocycles. The molecule has 23 heavy (non-hydrogen) atoms. The first-order valence-electron chi connectivity index (χ1n) is 8.33. The van der Waals surface area contributed by atoms with Gasteiger partial charge in [-0.2, -0.15) is 0 Å². The van der Waals surface area contributed by atoms with E-state index in [9.17, 15) is 0 Å². The van der Waals surface area contributed by atoms with E-state index in [2.05, 4.69) is 33.8 Å². The van der Waals surface area contributed by atoms with Crippen molar-refractivity contribution in [1.29, 1.82) is 0 Å². The molecule has 0 N–H and O–H groups in total. The average molecular weight is 305 g/mol. The third kappa shape index (κ3) is 2.09. The second-order valence-corrected chi connectivity index (χ2v) is 6.76. The highest BCUT2D eigenvalue weighted by atomic mass is 16.5. The minimum atomic E-state index is 0.459. The van der Waals surface area contributed by atoms with E-state index in [0.29, 0.717) is 11.3 Å². The molecule has 3 heterocycles. The summed E-state index contributed by atoms with van der Waals surface area (Å²) in [4.78, 5) is 9.43. The Morgan fingerprint density at radius 1 is 1.04 bits per heavy atom. The van der Waals surface area contributed by atoms with Crippen LogP contribution in [0.4, 0.5) is 0 Å². The number of hydrogen-bond acceptors (Lipinski definition) is 3. The summed E-state index contributed by atoms with van der Waals surface area (Å²) >= 11 is 0. The number of fused-ring (bicyclic) bond motifs is 1. The fourth-order valence-electron chi connectivity index (χ4n) is 4.01. The first-order valence-corrected chi connectivity index (χ1v) is 8.33. The largest absolute Gasteiger partial charge is 0.381 e. The van der Waals surface area contributed by atoms with Crippen molar-refractivity contribution < 1.29 is 4.74 Å². The first-order chi connectivity index (χ1) is 11.4. The van der Waals surface area contributed by atoms with Gasteiger partial charge in [0.05, 0.1) is 11.0 Å². The van der Waals surface area contributed by atoms with Gasteiger partial charge in [-0.05, 0) is 48.9 Å². The Morgan fingerprint density at radius 3 is 2.83 bits per heavy atom. The summed E-state index contributed by atoms with van der Waals surface area (Å²) in [5.74, 6) is 1.56. The van der Waals surface area contributed by atoms with Crippen LogP contribution in [-0.2, 0) is 4.74 Å². The topological polar surface area (TPSA) is 39.9 Å². The lowest BCUT2D eigenvalue weighted by atomic mass is 9.93. The summed E-state index contributed by atoms with van der Waals surface area (Å²) in [5, 5.41) is 0. The predicted molar refractivity (Wildman–Crippen MR) is 88.7 cm³/mol. The molecule has 116 valence electrons. The van der Waals surface area contributed by atoms with E-state index in [1.165, 1.54) is 25.0 Å². The molecule has 1 unspecified atom stereocenters. The van der Waals surface area contributed by atoms with Gasteiger partial charge in [-0.25, -0.2) is 9.97 Å². The molecule has 1 atom stereocenters. The van der Waals surface area contributed by atoms with Crippen molar-refractivity contribution >= 4 is 11.0 Å². The molecule has 1 aromatic carbocycles. The van der Waals surface area contributed by atoms with Crippen molar-refractivity contribution in [2.24, 2.45) is 5.41 Å². The summed E-state index contributed by atoms with van der Waals surface area (Å²) in [7, 11) is 0.